The number of hydrogen-bond donors (Lipinski definition) is 2. The molecule has 0 aromatic carbocycles. The predicted molar refractivity (Wildman–Crippen MR) is 61.7 cm³/mol. The van der Waals surface area contributed by atoms with Gasteiger partial charge in [-0.05, 0) is 18.9 Å². The summed E-state index contributed by atoms with van der Waals surface area (Å²) >= 11 is 5.79. The minimum atomic E-state index is 0.429. The lowest BCUT2D eigenvalue weighted by atomic mass is 10.2. The van der Waals surface area contributed by atoms with Crippen molar-refractivity contribution < 1.29 is 0 Å². The van der Waals surface area contributed by atoms with Gasteiger partial charge in [-0.2, -0.15) is 0 Å². The van der Waals surface area contributed by atoms with Gasteiger partial charge in [-0.3, -0.25) is 0 Å². The third-order valence-corrected chi connectivity index (χ3v) is 2.35. The van der Waals surface area contributed by atoms with Gasteiger partial charge in [0.2, 0.25) is 0 Å². The number of anilines is 2. The Hall–Kier alpha value is -0.960. The molecule has 3 nitrogen and oxygen atoms in total. The largest absolute Gasteiger partial charge is 0.399 e. The fraction of sp³-hybridized carbons (Fsp3) is 0.500. The third kappa shape index (κ3) is 3.07. The molecule has 0 aliphatic carbocycles. The maximum absolute atomic E-state index is 5.79. The van der Waals surface area contributed by atoms with Crippen LogP contribution < -0.4 is 11.1 Å². The van der Waals surface area contributed by atoms with E-state index >= 15 is 0 Å². The van der Waals surface area contributed by atoms with E-state index in [9.17, 15) is 0 Å². The van der Waals surface area contributed by atoms with Gasteiger partial charge in [-0.25, -0.2) is 4.98 Å². The van der Waals surface area contributed by atoms with Crippen LogP contribution in [0, 0.1) is 0 Å². The fourth-order valence-corrected chi connectivity index (χ4v) is 1.51. The molecule has 4 heteroatoms. The molecule has 0 amide bonds. The lowest BCUT2D eigenvalue weighted by Gasteiger charge is -2.15. The second kappa shape index (κ2) is 5.05. The van der Waals surface area contributed by atoms with E-state index < -0.39 is 0 Å². The minimum absolute atomic E-state index is 0.429. The molecule has 78 valence electrons. The molecule has 0 saturated carbocycles. The molecular weight excluding hydrogens is 198 g/mol. The van der Waals surface area contributed by atoms with Crippen LogP contribution in [0.3, 0.4) is 0 Å². The van der Waals surface area contributed by atoms with E-state index in [4.69, 9.17) is 17.3 Å². The highest BCUT2D eigenvalue weighted by atomic mass is 35.5. The third-order valence-electron chi connectivity index (χ3n) is 2.15. The molecule has 0 aliphatic heterocycles. The molecule has 0 spiro atoms. The zero-order valence-corrected chi connectivity index (χ0v) is 9.30. The van der Waals surface area contributed by atoms with Gasteiger partial charge in [0.25, 0.3) is 0 Å². The highest BCUT2D eigenvalue weighted by molar-refractivity contribution is 6.29. The van der Waals surface area contributed by atoms with Crippen molar-refractivity contribution >= 4 is 23.1 Å². The van der Waals surface area contributed by atoms with E-state index in [2.05, 4.69) is 24.1 Å². The molecule has 0 bridgehead atoms. The number of aromatic nitrogens is 1. The summed E-state index contributed by atoms with van der Waals surface area (Å²) in [6.45, 7) is 4.27. The molecule has 1 heterocycles. The second-order valence-electron chi connectivity index (χ2n) is 3.27. The Morgan fingerprint density at radius 2 is 2.07 bits per heavy atom. The number of nitrogens with zero attached hydrogens (tertiary/aromatic N) is 1. The van der Waals surface area contributed by atoms with Gasteiger partial charge >= 0.3 is 0 Å². The molecule has 3 N–H and O–H groups in total. The quantitative estimate of drug-likeness (QED) is 0.757. The fourth-order valence-electron chi connectivity index (χ4n) is 1.29. The Morgan fingerprint density at radius 1 is 1.43 bits per heavy atom. The summed E-state index contributed by atoms with van der Waals surface area (Å²) in [5.41, 5.74) is 6.29. The zero-order valence-electron chi connectivity index (χ0n) is 8.55. The number of halogens is 1. The molecule has 1 aromatic rings. The van der Waals surface area contributed by atoms with E-state index in [0.29, 0.717) is 16.9 Å². The first-order valence-electron chi connectivity index (χ1n) is 4.85. The Balaban J connectivity index is 2.75. The van der Waals surface area contributed by atoms with E-state index in [0.717, 1.165) is 18.7 Å². The van der Waals surface area contributed by atoms with Crippen LogP contribution >= 0.6 is 11.6 Å². The van der Waals surface area contributed by atoms with Gasteiger partial charge < -0.3 is 11.1 Å². The SMILES string of the molecule is CCC(CC)Nc1cc(N)cc(Cl)n1. The van der Waals surface area contributed by atoms with Gasteiger partial charge in [-0.1, -0.05) is 25.4 Å². The van der Waals surface area contributed by atoms with E-state index in [-0.39, 0.29) is 0 Å². The van der Waals surface area contributed by atoms with Crippen molar-refractivity contribution in [2.45, 2.75) is 32.7 Å². The number of nitrogens with two attached hydrogens (primary N) is 1. The number of nitrogens with one attached hydrogen (secondary N) is 1. The molecule has 0 saturated heterocycles. The highest BCUT2D eigenvalue weighted by Crippen LogP contribution is 2.17. The molecule has 1 rings (SSSR count). The summed E-state index contributed by atoms with van der Waals surface area (Å²) in [7, 11) is 0. The monoisotopic (exact) mass is 213 g/mol. The molecule has 0 radical (unpaired) electrons. The number of nitrogen functional groups attached to an aromatic ring is 1. The molecule has 0 atom stereocenters. The molecule has 0 unspecified atom stereocenters. The van der Waals surface area contributed by atoms with Crippen LogP contribution in [-0.2, 0) is 0 Å². The van der Waals surface area contributed by atoms with Crippen molar-refractivity contribution in [1.82, 2.24) is 4.98 Å². The average Bonchev–Trinajstić information content (AvgIpc) is 2.12. The van der Waals surface area contributed by atoms with E-state index in [1.165, 1.54) is 0 Å². The topological polar surface area (TPSA) is 50.9 Å². The van der Waals surface area contributed by atoms with Crippen LogP contribution in [0.4, 0.5) is 11.5 Å². The van der Waals surface area contributed by atoms with Crippen molar-refractivity contribution in [3.8, 4) is 0 Å². The van der Waals surface area contributed by atoms with Crippen molar-refractivity contribution in [3.05, 3.63) is 17.3 Å². The summed E-state index contributed by atoms with van der Waals surface area (Å²) in [5.74, 6) is 0.753. The standard InChI is InChI=1S/C10H16ClN3/c1-3-8(4-2)13-10-6-7(12)5-9(11)14-10/h5-6,8H,3-4H2,1-2H3,(H3,12,13,14). The summed E-state index contributed by atoms with van der Waals surface area (Å²) in [6.07, 6.45) is 2.12. The molecule has 0 aliphatic rings. The Labute approximate surface area is 89.7 Å². The van der Waals surface area contributed by atoms with Crippen LogP contribution in [0.5, 0.6) is 0 Å². The molecule has 14 heavy (non-hydrogen) atoms. The highest BCUT2D eigenvalue weighted by Gasteiger charge is 2.05. The van der Waals surface area contributed by atoms with E-state index in [1.807, 2.05) is 0 Å². The van der Waals surface area contributed by atoms with Crippen molar-refractivity contribution in [2.24, 2.45) is 0 Å². The number of hydrogen-bond acceptors (Lipinski definition) is 3. The second-order valence-corrected chi connectivity index (χ2v) is 3.65. The number of pyridine rings is 1. The van der Waals surface area contributed by atoms with Crippen molar-refractivity contribution in [2.75, 3.05) is 11.1 Å². The average molecular weight is 214 g/mol. The minimum Gasteiger partial charge on any atom is -0.399 e. The van der Waals surface area contributed by atoms with E-state index in [1.54, 1.807) is 12.1 Å². The van der Waals surface area contributed by atoms with Crippen LogP contribution in [0.2, 0.25) is 5.15 Å². The summed E-state index contributed by atoms with van der Waals surface area (Å²) in [6, 6.07) is 3.87. The molecular formula is C10H16ClN3. The maximum Gasteiger partial charge on any atom is 0.133 e. The predicted octanol–water partition coefficient (Wildman–Crippen LogP) is 2.92. The lowest BCUT2D eigenvalue weighted by Crippen LogP contribution is -2.17. The van der Waals surface area contributed by atoms with Gasteiger partial charge in [-0.15, -0.1) is 0 Å². The van der Waals surface area contributed by atoms with Crippen LogP contribution in [-0.4, -0.2) is 11.0 Å². The first kappa shape index (κ1) is 11.1. The van der Waals surface area contributed by atoms with Gasteiger partial charge in [0.05, 0.1) is 0 Å². The van der Waals surface area contributed by atoms with Gasteiger partial charge in [0, 0.05) is 17.8 Å². The van der Waals surface area contributed by atoms with Crippen LogP contribution in [0.1, 0.15) is 26.7 Å². The Bertz CT molecular complexity index is 277. The summed E-state index contributed by atoms with van der Waals surface area (Å²) < 4.78 is 0. The Kier molecular flexibility index (Phi) is 4.01. The molecule has 1 aromatic heterocycles. The zero-order chi connectivity index (χ0) is 10.6. The van der Waals surface area contributed by atoms with Crippen LogP contribution in [0.25, 0.3) is 0 Å². The first-order valence-corrected chi connectivity index (χ1v) is 5.23. The lowest BCUT2D eigenvalue weighted by molar-refractivity contribution is 0.668. The van der Waals surface area contributed by atoms with Gasteiger partial charge in [0.1, 0.15) is 11.0 Å². The maximum atomic E-state index is 5.79. The van der Waals surface area contributed by atoms with Crippen LogP contribution in [0.15, 0.2) is 12.1 Å². The summed E-state index contributed by atoms with van der Waals surface area (Å²) in [4.78, 5) is 4.14. The smallest absolute Gasteiger partial charge is 0.133 e. The van der Waals surface area contributed by atoms with Crippen molar-refractivity contribution in [3.63, 3.8) is 0 Å². The van der Waals surface area contributed by atoms with Crippen molar-refractivity contribution in [1.29, 1.82) is 0 Å². The summed E-state index contributed by atoms with van der Waals surface area (Å²) in [5, 5.41) is 3.71. The number of rotatable bonds is 4. The Morgan fingerprint density at radius 3 is 2.57 bits per heavy atom. The molecule has 0 fully saturated rings. The first-order chi connectivity index (χ1) is 6.65. The van der Waals surface area contributed by atoms with Gasteiger partial charge in [0.15, 0.2) is 0 Å². The normalized spacial score (nSPS) is 10.6.